The van der Waals surface area contributed by atoms with Gasteiger partial charge in [-0.1, -0.05) is 18.2 Å². The first-order chi connectivity index (χ1) is 8.58. The van der Waals surface area contributed by atoms with Crippen molar-refractivity contribution in [3.8, 4) is 5.75 Å². The van der Waals surface area contributed by atoms with Gasteiger partial charge in [0, 0.05) is 24.0 Å². The highest BCUT2D eigenvalue weighted by molar-refractivity contribution is 5.84. The monoisotopic (exact) mass is 244 g/mol. The number of benzene rings is 1. The van der Waals surface area contributed by atoms with Gasteiger partial charge in [0.1, 0.15) is 11.5 Å². The molecule has 3 nitrogen and oxygen atoms in total. The number of hydrogen-bond donors (Lipinski definition) is 0. The summed E-state index contributed by atoms with van der Waals surface area (Å²) in [6.45, 7) is 4.50. The third-order valence-corrected chi connectivity index (χ3v) is 3.53. The highest BCUT2D eigenvalue weighted by atomic mass is 16.5. The molecular weight excluding hydrogens is 228 g/mol. The molecule has 1 aromatic carbocycles. The van der Waals surface area contributed by atoms with E-state index in [0.29, 0.717) is 13.0 Å². The maximum Gasteiger partial charge on any atom is 0.317 e. The highest BCUT2D eigenvalue weighted by Crippen LogP contribution is 2.43. The van der Waals surface area contributed by atoms with E-state index in [1.165, 1.54) is 0 Å². The minimum atomic E-state index is -0.407. The van der Waals surface area contributed by atoms with Crippen LogP contribution in [0.15, 0.2) is 30.0 Å². The van der Waals surface area contributed by atoms with Crippen molar-refractivity contribution in [2.24, 2.45) is 5.41 Å². The molecule has 3 rings (SSSR count). The Balaban J connectivity index is 2.07. The average molecular weight is 244 g/mol. The lowest BCUT2D eigenvalue weighted by molar-refractivity contribution is -0.142. The summed E-state index contributed by atoms with van der Waals surface area (Å²) in [6, 6.07) is 7.92. The zero-order valence-electron chi connectivity index (χ0n) is 10.7. The minimum absolute atomic E-state index is 0.131. The zero-order chi connectivity index (χ0) is 12.8. The summed E-state index contributed by atoms with van der Waals surface area (Å²) in [7, 11) is 0. The molecule has 2 aliphatic heterocycles. The summed E-state index contributed by atoms with van der Waals surface area (Å²) in [5, 5.41) is 0. The van der Waals surface area contributed by atoms with Gasteiger partial charge in [0.05, 0.1) is 12.0 Å². The van der Waals surface area contributed by atoms with Crippen molar-refractivity contribution in [2.75, 3.05) is 6.61 Å². The Hall–Kier alpha value is -1.77. The third kappa shape index (κ3) is 1.70. The number of allylic oxidation sites excluding steroid dienone is 1. The molecule has 0 aromatic heterocycles. The van der Waals surface area contributed by atoms with Crippen LogP contribution in [0.25, 0.3) is 5.57 Å². The molecular formula is C15H16O3. The lowest BCUT2D eigenvalue weighted by Gasteiger charge is -2.21. The number of ether oxygens (including phenoxy) is 2. The van der Waals surface area contributed by atoms with E-state index in [1.807, 2.05) is 38.1 Å². The van der Waals surface area contributed by atoms with Gasteiger partial charge in [-0.25, -0.2) is 0 Å². The van der Waals surface area contributed by atoms with Crippen molar-refractivity contribution in [1.82, 2.24) is 0 Å². The first-order valence-electron chi connectivity index (χ1n) is 6.24. The van der Waals surface area contributed by atoms with Gasteiger partial charge in [-0.3, -0.25) is 4.79 Å². The summed E-state index contributed by atoms with van der Waals surface area (Å²) in [4.78, 5) is 11.8. The van der Waals surface area contributed by atoms with Gasteiger partial charge in [0.15, 0.2) is 0 Å². The summed E-state index contributed by atoms with van der Waals surface area (Å²) in [5.74, 6) is 1.57. The van der Waals surface area contributed by atoms with E-state index < -0.39 is 5.41 Å². The second-order valence-electron chi connectivity index (χ2n) is 5.45. The highest BCUT2D eigenvalue weighted by Gasteiger charge is 2.40. The van der Waals surface area contributed by atoms with Gasteiger partial charge >= 0.3 is 5.97 Å². The Bertz CT molecular complexity index is 540. The van der Waals surface area contributed by atoms with Gasteiger partial charge in [-0.2, -0.15) is 0 Å². The SMILES string of the molecule is CC1(C)C/C(=C2/CCOc3ccccc32)OC1=O. The molecule has 0 atom stereocenters. The van der Waals surface area contributed by atoms with Crippen molar-refractivity contribution >= 4 is 11.5 Å². The number of carbonyl (C=O) groups excluding carboxylic acids is 1. The van der Waals surface area contributed by atoms with Gasteiger partial charge in [-0.15, -0.1) is 0 Å². The van der Waals surface area contributed by atoms with Gasteiger partial charge in [0.25, 0.3) is 0 Å². The van der Waals surface area contributed by atoms with Crippen LogP contribution in [0.5, 0.6) is 5.75 Å². The molecule has 3 heteroatoms. The van der Waals surface area contributed by atoms with Crippen molar-refractivity contribution in [2.45, 2.75) is 26.7 Å². The molecule has 0 aliphatic carbocycles. The predicted octanol–water partition coefficient (Wildman–Crippen LogP) is 3.15. The first-order valence-corrected chi connectivity index (χ1v) is 6.24. The molecule has 0 spiro atoms. The Labute approximate surface area is 106 Å². The quantitative estimate of drug-likeness (QED) is 0.658. The molecule has 2 aliphatic rings. The topological polar surface area (TPSA) is 35.5 Å². The molecule has 0 N–H and O–H groups in total. The van der Waals surface area contributed by atoms with Crippen LogP contribution in [0.4, 0.5) is 0 Å². The number of esters is 1. The van der Waals surface area contributed by atoms with Gasteiger partial charge < -0.3 is 9.47 Å². The fourth-order valence-corrected chi connectivity index (χ4v) is 2.46. The van der Waals surface area contributed by atoms with E-state index in [9.17, 15) is 4.79 Å². The maximum atomic E-state index is 11.8. The number of fused-ring (bicyclic) bond motifs is 1. The Morgan fingerprint density at radius 3 is 2.72 bits per heavy atom. The summed E-state index contributed by atoms with van der Waals surface area (Å²) in [6.07, 6.45) is 1.48. The molecule has 0 amide bonds. The summed E-state index contributed by atoms with van der Waals surface area (Å²) < 4.78 is 11.1. The molecule has 0 saturated carbocycles. The van der Waals surface area contributed by atoms with Crippen molar-refractivity contribution < 1.29 is 14.3 Å². The zero-order valence-corrected chi connectivity index (χ0v) is 10.7. The van der Waals surface area contributed by atoms with E-state index in [4.69, 9.17) is 9.47 Å². The lowest BCUT2D eigenvalue weighted by Crippen LogP contribution is -2.16. The largest absolute Gasteiger partial charge is 0.493 e. The van der Waals surface area contributed by atoms with Crippen LogP contribution in [0.1, 0.15) is 32.3 Å². The number of cyclic esters (lactones) is 1. The smallest absolute Gasteiger partial charge is 0.317 e. The van der Waals surface area contributed by atoms with Crippen LogP contribution in [-0.4, -0.2) is 12.6 Å². The Kier molecular flexibility index (Phi) is 2.44. The van der Waals surface area contributed by atoms with E-state index in [-0.39, 0.29) is 5.97 Å². The van der Waals surface area contributed by atoms with Crippen molar-refractivity contribution in [3.63, 3.8) is 0 Å². The van der Waals surface area contributed by atoms with Crippen LogP contribution >= 0.6 is 0 Å². The molecule has 1 saturated heterocycles. The van der Waals surface area contributed by atoms with Crippen LogP contribution < -0.4 is 4.74 Å². The average Bonchev–Trinajstić information content (AvgIpc) is 2.63. The van der Waals surface area contributed by atoms with E-state index in [1.54, 1.807) is 0 Å². The molecule has 0 unspecified atom stereocenters. The number of hydrogen-bond acceptors (Lipinski definition) is 3. The molecule has 94 valence electrons. The molecule has 0 bridgehead atoms. The van der Waals surface area contributed by atoms with Crippen LogP contribution in [0.3, 0.4) is 0 Å². The van der Waals surface area contributed by atoms with Crippen molar-refractivity contribution in [1.29, 1.82) is 0 Å². The maximum absolute atomic E-state index is 11.8. The number of rotatable bonds is 0. The van der Waals surface area contributed by atoms with Crippen LogP contribution in [0.2, 0.25) is 0 Å². The summed E-state index contributed by atoms with van der Waals surface area (Å²) in [5.41, 5.74) is 1.77. The fourth-order valence-electron chi connectivity index (χ4n) is 2.46. The second-order valence-corrected chi connectivity index (χ2v) is 5.45. The molecule has 18 heavy (non-hydrogen) atoms. The molecule has 1 fully saturated rings. The third-order valence-electron chi connectivity index (χ3n) is 3.53. The second kappa shape index (κ2) is 3.87. The fraction of sp³-hybridized carbons (Fsp3) is 0.400. The first kappa shape index (κ1) is 11.3. The Morgan fingerprint density at radius 2 is 2.00 bits per heavy atom. The van der Waals surface area contributed by atoms with Crippen molar-refractivity contribution in [3.05, 3.63) is 35.6 Å². The van der Waals surface area contributed by atoms with E-state index in [0.717, 1.165) is 29.1 Å². The van der Waals surface area contributed by atoms with E-state index in [2.05, 4.69) is 0 Å². The lowest BCUT2D eigenvalue weighted by atomic mass is 9.88. The van der Waals surface area contributed by atoms with Crippen LogP contribution in [0, 0.1) is 5.41 Å². The standard InChI is InChI=1S/C15H16O3/c1-15(2)9-13(18-14(15)16)11-7-8-17-12-6-4-3-5-10(11)12/h3-6H,7-9H2,1-2H3/b13-11+. The van der Waals surface area contributed by atoms with Gasteiger partial charge in [0.2, 0.25) is 0 Å². The molecule has 1 aromatic rings. The number of para-hydroxylation sites is 1. The van der Waals surface area contributed by atoms with Gasteiger partial charge in [-0.05, 0) is 19.9 Å². The summed E-state index contributed by atoms with van der Waals surface area (Å²) >= 11 is 0. The van der Waals surface area contributed by atoms with E-state index >= 15 is 0 Å². The predicted molar refractivity (Wildman–Crippen MR) is 68.0 cm³/mol. The normalized spacial score (nSPS) is 25.3. The molecule has 0 radical (unpaired) electrons. The minimum Gasteiger partial charge on any atom is -0.493 e. The number of carbonyl (C=O) groups is 1. The van der Waals surface area contributed by atoms with Crippen LogP contribution in [-0.2, 0) is 9.53 Å². The Morgan fingerprint density at radius 1 is 1.22 bits per heavy atom. The molecule has 2 heterocycles.